The molecule has 0 bridgehead atoms. The highest BCUT2D eigenvalue weighted by Crippen LogP contribution is 2.37. The molecule has 2 unspecified atom stereocenters. The molecule has 2 N–H and O–H groups in total. The second-order valence-electron chi connectivity index (χ2n) is 6.50. The molecular weight excluding hydrogens is 380 g/mol. The average Bonchev–Trinajstić information content (AvgIpc) is 3.33. The maximum atomic E-state index is 12.6. The molecule has 0 aromatic heterocycles. The largest absolute Gasteiger partial charge is 0.454 e. The van der Waals surface area contributed by atoms with Crippen LogP contribution < -0.4 is 20.2 Å². The van der Waals surface area contributed by atoms with Crippen molar-refractivity contribution in [2.45, 2.75) is 5.92 Å². The van der Waals surface area contributed by atoms with Crippen molar-refractivity contribution in [2.24, 2.45) is 11.0 Å². The van der Waals surface area contributed by atoms with E-state index >= 15 is 0 Å². The molecule has 10 nitrogen and oxygen atoms in total. The molecule has 2 aliphatic heterocycles. The third kappa shape index (κ3) is 3.59. The SMILES string of the molecule is O=C1NCC(c2ccccc2)C1C(=O)NN=Cc1cc2c(cc1[N+](=O)[O-])OCO2. The van der Waals surface area contributed by atoms with E-state index in [9.17, 15) is 19.7 Å². The lowest BCUT2D eigenvalue weighted by molar-refractivity contribution is -0.385. The maximum Gasteiger partial charge on any atom is 0.282 e. The van der Waals surface area contributed by atoms with Crippen molar-refractivity contribution in [1.29, 1.82) is 0 Å². The predicted molar refractivity (Wildman–Crippen MR) is 101 cm³/mol. The minimum absolute atomic E-state index is 0.0263. The number of carbonyl (C=O) groups excluding carboxylic acids is 2. The van der Waals surface area contributed by atoms with Crippen LogP contribution in [0.15, 0.2) is 47.6 Å². The van der Waals surface area contributed by atoms with Crippen LogP contribution in [0.2, 0.25) is 0 Å². The monoisotopic (exact) mass is 396 g/mol. The molecule has 29 heavy (non-hydrogen) atoms. The van der Waals surface area contributed by atoms with Crippen molar-refractivity contribution < 1.29 is 24.0 Å². The first-order chi connectivity index (χ1) is 14.0. The summed E-state index contributed by atoms with van der Waals surface area (Å²) in [5.41, 5.74) is 3.07. The first kappa shape index (κ1) is 18.4. The lowest BCUT2D eigenvalue weighted by Gasteiger charge is -2.15. The van der Waals surface area contributed by atoms with Gasteiger partial charge in [0.05, 0.1) is 22.8 Å². The number of nitro groups is 1. The summed E-state index contributed by atoms with van der Waals surface area (Å²) in [6.45, 7) is 0.319. The highest BCUT2D eigenvalue weighted by atomic mass is 16.7. The van der Waals surface area contributed by atoms with E-state index in [-0.39, 0.29) is 35.6 Å². The number of hydrazone groups is 1. The highest BCUT2D eigenvalue weighted by molar-refractivity contribution is 6.03. The number of hydrogen-bond acceptors (Lipinski definition) is 7. The Bertz CT molecular complexity index is 1010. The lowest BCUT2D eigenvalue weighted by Crippen LogP contribution is -2.34. The van der Waals surface area contributed by atoms with Crippen LogP contribution in [0.3, 0.4) is 0 Å². The number of hydrogen-bond donors (Lipinski definition) is 2. The number of nitrogens with one attached hydrogen (secondary N) is 2. The van der Waals surface area contributed by atoms with Crippen LogP contribution in [0.1, 0.15) is 17.0 Å². The van der Waals surface area contributed by atoms with E-state index in [1.165, 1.54) is 12.1 Å². The van der Waals surface area contributed by atoms with Gasteiger partial charge in [-0.2, -0.15) is 5.10 Å². The summed E-state index contributed by atoms with van der Waals surface area (Å²) in [6, 6.07) is 11.9. The van der Waals surface area contributed by atoms with E-state index < -0.39 is 16.7 Å². The first-order valence-corrected chi connectivity index (χ1v) is 8.78. The molecule has 2 aromatic carbocycles. The topological polar surface area (TPSA) is 132 Å². The van der Waals surface area contributed by atoms with Crippen molar-refractivity contribution in [3.05, 3.63) is 63.7 Å². The molecule has 148 valence electrons. The van der Waals surface area contributed by atoms with E-state index in [2.05, 4.69) is 15.8 Å². The average molecular weight is 396 g/mol. The Hall–Kier alpha value is -3.95. The molecule has 0 aliphatic carbocycles. The summed E-state index contributed by atoms with van der Waals surface area (Å²) in [4.78, 5) is 35.4. The standard InChI is InChI=1S/C19H16N4O6/c24-18-17(13(9-20-18)11-4-2-1-3-5-11)19(25)22-21-8-12-6-15-16(29-10-28-15)7-14(12)23(26)27/h1-8,13,17H,9-10H2,(H,20,24)(H,22,25). The molecule has 1 saturated heterocycles. The molecule has 0 radical (unpaired) electrons. The van der Waals surface area contributed by atoms with Gasteiger partial charge in [-0.15, -0.1) is 0 Å². The highest BCUT2D eigenvalue weighted by Gasteiger charge is 2.41. The molecular formula is C19H16N4O6. The van der Waals surface area contributed by atoms with Crippen molar-refractivity contribution in [3.63, 3.8) is 0 Å². The van der Waals surface area contributed by atoms with Crippen LogP contribution in [0.25, 0.3) is 0 Å². The number of fused-ring (bicyclic) bond motifs is 1. The first-order valence-electron chi connectivity index (χ1n) is 8.78. The molecule has 0 saturated carbocycles. The Kier molecular flexibility index (Phi) is 4.82. The number of carbonyl (C=O) groups is 2. The number of amides is 2. The number of benzene rings is 2. The lowest BCUT2D eigenvalue weighted by atomic mass is 9.88. The normalized spacial score (nSPS) is 19.9. The Morgan fingerprint density at radius 3 is 2.69 bits per heavy atom. The summed E-state index contributed by atoms with van der Waals surface area (Å²) in [6.07, 6.45) is 1.14. The van der Waals surface area contributed by atoms with Crippen molar-refractivity contribution >= 4 is 23.7 Å². The van der Waals surface area contributed by atoms with Gasteiger partial charge in [-0.25, -0.2) is 5.43 Å². The summed E-state index contributed by atoms with van der Waals surface area (Å²) in [5, 5.41) is 17.8. The molecule has 2 amide bonds. The fraction of sp³-hybridized carbons (Fsp3) is 0.211. The Balaban J connectivity index is 1.51. The molecule has 0 spiro atoms. The van der Waals surface area contributed by atoms with Crippen LogP contribution in [0.4, 0.5) is 5.69 Å². The molecule has 2 heterocycles. The van der Waals surface area contributed by atoms with Gasteiger partial charge in [0.25, 0.3) is 11.6 Å². The van der Waals surface area contributed by atoms with E-state index in [1.54, 1.807) is 0 Å². The minimum Gasteiger partial charge on any atom is -0.454 e. The zero-order valence-electron chi connectivity index (χ0n) is 15.0. The van der Waals surface area contributed by atoms with Gasteiger partial charge >= 0.3 is 0 Å². The fourth-order valence-corrected chi connectivity index (χ4v) is 3.38. The van der Waals surface area contributed by atoms with Crippen LogP contribution in [-0.2, 0) is 9.59 Å². The zero-order valence-corrected chi connectivity index (χ0v) is 15.0. The van der Waals surface area contributed by atoms with E-state index in [1.807, 2.05) is 30.3 Å². The van der Waals surface area contributed by atoms with Gasteiger partial charge in [0.2, 0.25) is 12.7 Å². The number of rotatable bonds is 5. The van der Waals surface area contributed by atoms with E-state index in [0.717, 1.165) is 11.8 Å². The summed E-state index contributed by atoms with van der Waals surface area (Å²) in [7, 11) is 0. The second kappa shape index (κ2) is 7.58. The predicted octanol–water partition coefficient (Wildman–Crippen LogP) is 1.30. The van der Waals surface area contributed by atoms with Crippen LogP contribution in [0.5, 0.6) is 11.5 Å². The van der Waals surface area contributed by atoms with Gasteiger partial charge in [0.15, 0.2) is 11.5 Å². The summed E-state index contributed by atoms with van der Waals surface area (Å²) in [5.74, 6) is -1.62. The number of nitro benzene ring substituents is 1. The Morgan fingerprint density at radius 2 is 1.97 bits per heavy atom. The smallest absolute Gasteiger partial charge is 0.282 e. The third-order valence-corrected chi connectivity index (χ3v) is 4.79. The van der Waals surface area contributed by atoms with Crippen LogP contribution >= 0.6 is 0 Å². The minimum atomic E-state index is -0.943. The van der Waals surface area contributed by atoms with Crippen molar-refractivity contribution in [3.8, 4) is 11.5 Å². The molecule has 1 fully saturated rings. The van der Waals surface area contributed by atoms with Crippen LogP contribution in [0, 0.1) is 16.0 Å². The molecule has 10 heteroatoms. The van der Waals surface area contributed by atoms with Gasteiger partial charge in [0.1, 0.15) is 5.92 Å². The molecule has 4 rings (SSSR count). The van der Waals surface area contributed by atoms with Crippen molar-refractivity contribution in [1.82, 2.24) is 10.7 Å². The molecule has 2 atom stereocenters. The van der Waals surface area contributed by atoms with E-state index in [4.69, 9.17) is 9.47 Å². The molecule has 2 aliphatic rings. The zero-order chi connectivity index (χ0) is 20.4. The van der Waals surface area contributed by atoms with Crippen molar-refractivity contribution in [2.75, 3.05) is 13.3 Å². The third-order valence-electron chi connectivity index (χ3n) is 4.79. The van der Waals surface area contributed by atoms with Gasteiger partial charge in [-0.1, -0.05) is 30.3 Å². The maximum absolute atomic E-state index is 12.6. The van der Waals surface area contributed by atoms with Gasteiger partial charge in [0, 0.05) is 12.5 Å². The fourth-order valence-electron chi connectivity index (χ4n) is 3.38. The Labute approximate surface area is 164 Å². The van der Waals surface area contributed by atoms with Crippen LogP contribution in [-0.4, -0.2) is 36.3 Å². The second-order valence-corrected chi connectivity index (χ2v) is 6.50. The number of nitrogens with zero attached hydrogens (tertiary/aromatic N) is 2. The summed E-state index contributed by atoms with van der Waals surface area (Å²) >= 11 is 0. The quantitative estimate of drug-likeness (QED) is 0.339. The van der Waals surface area contributed by atoms with E-state index in [0.29, 0.717) is 12.3 Å². The van der Waals surface area contributed by atoms with Gasteiger partial charge < -0.3 is 14.8 Å². The van der Waals surface area contributed by atoms with Gasteiger partial charge in [-0.3, -0.25) is 19.7 Å². The summed E-state index contributed by atoms with van der Waals surface area (Å²) < 4.78 is 10.3. The van der Waals surface area contributed by atoms with Gasteiger partial charge in [-0.05, 0) is 11.6 Å². The number of ether oxygens (including phenoxy) is 2. The Morgan fingerprint density at radius 1 is 1.24 bits per heavy atom. The molecule has 2 aromatic rings.